The number of methoxy groups -OCH3 is 1. The van der Waals surface area contributed by atoms with Crippen LogP contribution in [-0.2, 0) is 4.79 Å². The van der Waals surface area contributed by atoms with Crippen molar-refractivity contribution in [2.45, 2.75) is 51.2 Å². The number of nitrogens with zero attached hydrogens (tertiary/aromatic N) is 3. The molecule has 7 heteroatoms. The Labute approximate surface area is 193 Å². The van der Waals surface area contributed by atoms with Gasteiger partial charge in [0, 0.05) is 36.7 Å². The molecule has 32 heavy (non-hydrogen) atoms. The third-order valence-corrected chi connectivity index (χ3v) is 7.03. The first-order valence-corrected chi connectivity index (χ1v) is 11.6. The summed E-state index contributed by atoms with van der Waals surface area (Å²) in [6, 6.07) is 9.78. The lowest BCUT2D eigenvalue weighted by Crippen LogP contribution is -2.31. The smallest absolute Gasteiger partial charge is 0.223 e. The highest BCUT2D eigenvalue weighted by molar-refractivity contribution is 6.30. The summed E-state index contributed by atoms with van der Waals surface area (Å²) in [6.07, 6.45) is 6.47. The summed E-state index contributed by atoms with van der Waals surface area (Å²) in [4.78, 5) is 14.8. The molecule has 0 radical (unpaired) electrons. The third-order valence-electron chi connectivity index (χ3n) is 6.82. The fourth-order valence-corrected chi connectivity index (χ4v) is 4.86. The van der Waals surface area contributed by atoms with Gasteiger partial charge in [-0.05, 0) is 50.3 Å². The van der Waals surface area contributed by atoms with Gasteiger partial charge >= 0.3 is 0 Å². The molecule has 2 fully saturated rings. The van der Waals surface area contributed by atoms with Crippen LogP contribution in [0.2, 0.25) is 5.02 Å². The van der Waals surface area contributed by atoms with E-state index >= 15 is 0 Å². The number of pyridine rings is 1. The number of hydrogen-bond donors (Lipinski definition) is 0. The average molecular weight is 454 g/mol. The third kappa shape index (κ3) is 3.92. The Morgan fingerprint density at radius 1 is 1.19 bits per heavy atom. The molecule has 1 aromatic carbocycles. The molecule has 3 aromatic rings. The van der Waals surface area contributed by atoms with Gasteiger partial charge in [-0.15, -0.1) is 0 Å². The molecule has 5 rings (SSSR count). The first kappa shape index (κ1) is 21.1. The summed E-state index contributed by atoms with van der Waals surface area (Å²) in [7, 11) is 1.65. The van der Waals surface area contributed by atoms with Crippen molar-refractivity contribution in [2.24, 2.45) is 5.92 Å². The highest BCUT2D eigenvalue weighted by Gasteiger charge is 2.37. The molecular formula is C25H28ClN3O3. The van der Waals surface area contributed by atoms with Crippen molar-refractivity contribution in [3.05, 3.63) is 58.9 Å². The van der Waals surface area contributed by atoms with E-state index in [1.807, 2.05) is 59.1 Å². The second-order valence-corrected chi connectivity index (χ2v) is 9.41. The normalized spacial score (nSPS) is 20.6. The van der Waals surface area contributed by atoms with Crippen LogP contribution in [0.3, 0.4) is 0 Å². The quantitative estimate of drug-likeness (QED) is 0.490. The molecular weight excluding hydrogens is 426 g/mol. The van der Waals surface area contributed by atoms with Crippen LogP contribution in [0.5, 0.6) is 11.5 Å². The van der Waals surface area contributed by atoms with Gasteiger partial charge in [-0.2, -0.15) is 5.10 Å². The van der Waals surface area contributed by atoms with E-state index in [0.29, 0.717) is 23.9 Å². The number of carbonyl (C=O) groups is 1. The Bertz CT molecular complexity index is 1140. The number of aromatic nitrogens is 2. The Morgan fingerprint density at radius 3 is 2.62 bits per heavy atom. The second kappa shape index (κ2) is 8.32. The predicted octanol–water partition coefficient (Wildman–Crippen LogP) is 5.25. The van der Waals surface area contributed by atoms with Crippen LogP contribution in [0.15, 0.2) is 42.7 Å². The minimum atomic E-state index is -0.128. The van der Waals surface area contributed by atoms with E-state index in [1.54, 1.807) is 7.11 Å². The van der Waals surface area contributed by atoms with Crippen molar-refractivity contribution in [1.29, 1.82) is 0 Å². The van der Waals surface area contributed by atoms with Gasteiger partial charge in [-0.1, -0.05) is 23.7 Å². The minimum absolute atomic E-state index is 0.000203. The van der Waals surface area contributed by atoms with Crippen molar-refractivity contribution >= 4 is 23.0 Å². The summed E-state index contributed by atoms with van der Waals surface area (Å²) < 4.78 is 13.5. The maximum absolute atomic E-state index is 12.9. The van der Waals surface area contributed by atoms with E-state index in [2.05, 4.69) is 12.0 Å². The molecule has 0 unspecified atom stereocenters. The summed E-state index contributed by atoms with van der Waals surface area (Å²) in [5.74, 6) is 2.38. The van der Waals surface area contributed by atoms with Gasteiger partial charge in [-0.3, -0.25) is 4.79 Å². The molecule has 2 aliphatic rings. The molecule has 1 aliphatic heterocycles. The van der Waals surface area contributed by atoms with Crippen molar-refractivity contribution < 1.29 is 14.3 Å². The molecule has 1 aliphatic carbocycles. The van der Waals surface area contributed by atoms with E-state index < -0.39 is 0 Å². The molecule has 168 valence electrons. The number of rotatable bonds is 7. The van der Waals surface area contributed by atoms with Gasteiger partial charge in [0.1, 0.15) is 23.1 Å². The first-order valence-electron chi connectivity index (χ1n) is 11.2. The molecule has 0 N–H and O–H groups in total. The molecule has 0 spiro atoms. The van der Waals surface area contributed by atoms with Crippen LogP contribution in [0.4, 0.5) is 0 Å². The zero-order valence-corrected chi connectivity index (χ0v) is 19.4. The van der Waals surface area contributed by atoms with Crippen LogP contribution in [0, 0.1) is 5.92 Å². The molecule has 1 amide bonds. The topological polar surface area (TPSA) is 56.1 Å². The molecule has 2 aromatic heterocycles. The van der Waals surface area contributed by atoms with Crippen molar-refractivity contribution in [3.8, 4) is 11.5 Å². The fraction of sp³-hybridized carbons (Fsp3) is 0.440. The average Bonchev–Trinajstić information content (AvgIpc) is 3.42. The van der Waals surface area contributed by atoms with Crippen LogP contribution >= 0.6 is 11.6 Å². The van der Waals surface area contributed by atoms with Gasteiger partial charge in [0.15, 0.2) is 0 Å². The van der Waals surface area contributed by atoms with Crippen LogP contribution < -0.4 is 9.47 Å². The predicted molar refractivity (Wildman–Crippen MR) is 123 cm³/mol. The number of benzene rings is 1. The number of carbonyl (C=O) groups excluding carboxylic acids is 1. The number of ether oxygens (including phenoxy) is 2. The van der Waals surface area contributed by atoms with Gasteiger partial charge in [0.05, 0.1) is 24.4 Å². The van der Waals surface area contributed by atoms with Gasteiger partial charge < -0.3 is 14.4 Å². The minimum Gasteiger partial charge on any atom is -0.497 e. The molecule has 3 atom stereocenters. The van der Waals surface area contributed by atoms with Gasteiger partial charge in [0.2, 0.25) is 5.91 Å². The molecule has 0 bridgehead atoms. The highest BCUT2D eigenvalue weighted by Crippen LogP contribution is 2.44. The van der Waals surface area contributed by atoms with Gasteiger partial charge in [-0.25, -0.2) is 4.52 Å². The van der Waals surface area contributed by atoms with Crippen molar-refractivity contribution in [2.75, 3.05) is 13.7 Å². The van der Waals surface area contributed by atoms with E-state index in [1.165, 1.54) is 18.4 Å². The zero-order chi connectivity index (χ0) is 22.4. The summed E-state index contributed by atoms with van der Waals surface area (Å²) >= 11 is 6.34. The first-order chi connectivity index (χ1) is 15.4. The van der Waals surface area contributed by atoms with E-state index in [9.17, 15) is 4.79 Å². The molecule has 6 nitrogen and oxygen atoms in total. The Hall–Kier alpha value is -2.73. The fourth-order valence-electron chi connectivity index (χ4n) is 4.67. The van der Waals surface area contributed by atoms with Crippen LogP contribution in [-0.4, -0.2) is 40.2 Å². The lowest BCUT2D eigenvalue weighted by atomic mass is 10.0. The van der Waals surface area contributed by atoms with E-state index in [4.69, 9.17) is 21.1 Å². The SMILES string of the molecule is COc1ccc([C@@H](C)N2C[C@H]([C@@H](C)Oc3cc(Cl)cn4ncc(C5CC5)c34)CC2=O)cc1. The lowest BCUT2D eigenvalue weighted by molar-refractivity contribution is -0.129. The summed E-state index contributed by atoms with van der Waals surface area (Å²) in [5, 5.41) is 5.07. The largest absolute Gasteiger partial charge is 0.497 e. The maximum atomic E-state index is 12.9. The highest BCUT2D eigenvalue weighted by atomic mass is 35.5. The monoisotopic (exact) mass is 453 g/mol. The number of amides is 1. The Kier molecular flexibility index (Phi) is 5.49. The van der Waals surface area contributed by atoms with E-state index in [-0.39, 0.29) is 24.0 Å². The zero-order valence-electron chi connectivity index (χ0n) is 18.6. The molecule has 3 heterocycles. The number of fused-ring (bicyclic) bond motifs is 1. The second-order valence-electron chi connectivity index (χ2n) is 8.97. The summed E-state index contributed by atoms with van der Waals surface area (Å²) in [6.45, 7) is 4.78. The van der Waals surface area contributed by atoms with Crippen molar-refractivity contribution in [3.63, 3.8) is 0 Å². The maximum Gasteiger partial charge on any atom is 0.223 e. The van der Waals surface area contributed by atoms with Crippen LogP contribution in [0.25, 0.3) is 5.52 Å². The standard InChI is InChI=1S/C25H28ClN3O3/c1-15(17-6-8-21(31-3)9-7-17)28-13-19(10-24(28)30)16(2)32-23-11-20(26)14-29-25(23)22(12-27-29)18-4-5-18/h6-9,11-12,14-16,18-19H,4-5,10,13H2,1-3H3/t15-,16-,19-/m1/s1. The Morgan fingerprint density at radius 2 is 1.94 bits per heavy atom. The summed E-state index contributed by atoms with van der Waals surface area (Å²) in [5.41, 5.74) is 3.32. The number of hydrogen-bond acceptors (Lipinski definition) is 4. The number of likely N-dealkylation sites (tertiary alicyclic amines) is 1. The molecule has 1 saturated heterocycles. The lowest BCUT2D eigenvalue weighted by Gasteiger charge is -2.27. The number of halogens is 1. The Balaban J connectivity index is 1.33. The van der Waals surface area contributed by atoms with E-state index in [0.717, 1.165) is 22.6 Å². The van der Waals surface area contributed by atoms with Crippen LogP contribution in [0.1, 0.15) is 56.2 Å². The molecule has 1 saturated carbocycles. The van der Waals surface area contributed by atoms with Gasteiger partial charge in [0.25, 0.3) is 0 Å². The van der Waals surface area contributed by atoms with Crippen molar-refractivity contribution in [1.82, 2.24) is 14.5 Å².